The molecule has 98 valence electrons. The van der Waals surface area contributed by atoms with Gasteiger partial charge in [0.25, 0.3) is 0 Å². The number of hydrogen-bond acceptors (Lipinski definition) is 2. The molecule has 2 aliphatic rings. The number of nitrogens with one attached hydrogen (secondary N) is 2. The number of hydrogen-bond donors (Lipinski definition) is 2. The molecule has 1 heterocycles. The van der Waals surface area contributed by atoms with Crippen molar-refractivity contribution < 1.29 is 0 Å². The van der Waals surface area contributed by atoms with Crippen molar-refractivity contribution in [2.75, 3.05) is 11.9 Å². The van der Waals surface area contributed by atoms with Gasteiger partial charge < -0.3 is 10.6 Å². The average Bonchev–Trinajstić information content (AvgIpc) is 2.68. The van der Waals surface area contributed by atoms with Gasteiger partial charge >= 0.3 is 0 Å². The summed E-state index contributed by atoms with van der Waals surface area (Å²) in [5.41, 5.74) is 4.42. The first-order valence-electron chi connectivity index (χ1n) is 7.51. The van der Waals surface area contributed by atoms with E-state index >= 15 is 0 Å². The minimum absolute atomic E-state index is 0.695. The first kappa shape index (κ1) is 12.0. The summed E-state index contributed by atoms with van der Waals surface area (Å²) in [6.45, 7) is 2.16. The molecule has 2 nitrogen and oxygen atoms in total. The zero-order valence-corrected chi connectivity index (χ0v) is 11.2. The molecule has 1 aromatic carbocycles. The summed E-state index contributed by atoms with van der Waals surface area (Å²) in [7, 11) is 0. The Balaban J connectivity index is 1.75. The zero-order chi connectivity index (χ0) is 12.2. The Labute approximate surface area is 110 Å². The fourth-order valence-electron chi connectivity index (χ4n) is 3.29. The van der Waals surface area contributed by atoms with Gasteiger partial charge in [-0.2, -0.15) is 0 Å². The van der Waals surface area contributed by atoms with Crippen molar-refractivity contribution >= 4 is 5.69 Å². The van der Waals surface area contributed by atoms with Crippen molar-refractivity contribution in [2.45, 2.75) is 57.5 Å². The van der Waals surface area contributed by atoms with Crippen molar-refractivity contribution in [2.24, 2.45) is 0 Å². The molecule has 3 rings (SSSR count). The fraction of sp³-hybridized carbons (Fsp3) is 0.625. The number of benzene rings is 1. The van der Waals surface area contributed by atoms with Crippen molar-refractivity contribution in [3.05, 3.63) is 29.3 Å². The molecule has 2 heteroatoms. The summed E-state index contributed by atoms with van der Waals surface area (Å²) in [6.07, 6.45) is 9.50. The Morgan fingerprint density at radius 2 is 1.89 bits per heavy atom. The largest absolute Gasteiger partial charge is 0.382 e. The lowest BCUT2D eigenvalue weighted by Crippen LogP contribution is -2.26. The lowest BCUT2D eigenvalue weighted by molar-refractivity contribution is 0.612. The van der Waals surface area contributed by atoms with Crippen molar-refractivity contribution in [1.29, 1.82) is 0 Å². The second-order valence-corrected chi connectivity index (χ2v) is 5.70. The van der Waals surface area contributed by atoms with Gasteiger partial charge in [0.15, 0.2) is 0 Å². The van der Waals surface area contributed by atoms with E-state index in [-0.39, 0.29) is 0 Å². The predicted octanol–water partition coefficient (Wildman–Crippen LogP) is 3.47. The summed E-state index contributed by atoms with van der Waals surface area (Å²) in [5, 5.41) is 7.30. The summed E-state index contributed by atoms with van der Waals surface area (Å²) in [4.78, 5) is 0. The predicted molar refractivity (Wildman–Crippen MR) is 77.0 cm³/mol. The van der Waals surface area contributed by atoms with Gasteiger partial charge in [-0.05, 0) is 43.0 Å². The molecule has 0 unspecified atom stereocenters. The first-order valence-corrected chi connectivity index (χ1v) is 7.51. The topological polar surface area (TPSA) is 24.1 Å². The second kappa shape index (κ2) is 5.75. The maximum atomic E-state index is 3.81. The molecule has 1 aliphatic carbocycles. The molecule has 1 aliphatic heterocycles. The molecular formula is C16H24N2. The van der Waals surface area contributed by atoms with Crippen LogP contribution in [0.5, 0.6) is 0 Å². The van der Waals surface area contributed by atoms with E-state index in [1.165, 1.54) is 61.8 Å². The van der Waals surface area contributed by atoms with Crippen LogP contribution in [0.1, 0.15) is 49.7 Å². The molecular weight excluding hydrogens is 220 g/mol. The van der Waals surface area contributed by atoms with Crippen LogP contribution in [0.3, 0.4) is 0 Å². The highest BCUT2D eigenvalue weighted by Gasteiger charge is 2.16. The summed E-state index contributed by atoms with van der Waals surface area (Å²) >= 11 is 0. The first-order chi connectivity index (χ1) is 8.93. The van der Waals surface area contributed by atoms with Gasteiger partial charge in [-0.1, -0.05) is 37.8 Å². The van der Waals surface area contributed by atoms with Gasteiger partial charge in [0.2, 0.25) is 0 Å². The van der Waals surface area contributed by atoms with Gasteiger partial charge in [0.05, 0.1) is 0 Å². The molecule has 0 radical (unpaired) electrons. The van der Waals surface area contributed by atoms with Gasteiger partial charge in [-0.25, -0.2) is 0 Å². The summed E-state index contributed by atoms with van der Waals surface area (Å²) in [6, 6.07) is 7.45. The highest BCUT2D eigenvalue weighted by molar-refractivity contribution is 5.56. The highest BCUT2D eigenvalue weighted by Crippen LogP contribution is 2.26. The van der Waals surface area contributed by atoms with Crippen LogP contribution in [-0.2, 0) is 13.0 Å². The zero-order valence-electron chi connectivity index (χ0n) is 11.2. The molecule has 1 aromatic rings. The number of anilines is 1. The molecule has 0 aromatic heterocycles. The minimum Gasteiger partial charge on any atom is -0.382 e. The van der Waals surface area contributed by atoms with E-state index in [1.54, 1.807) is 0 Å². The van der Waals surface area contributed by atoms with Crippen LogP contribution in [0.25, 0.3) is 0 Å². The third-order valence-corrected chi connectivity index (χ3v) is 4.36. The molecule has 1 saturated carbocycles. The number of fused-ring (bicyclic) bond motifs is 1. The Morgan fingerprint density at radius 3 is 2.72 bits per heavy atom. The van der Waals surface area contributed by atoms with E-state index < -0.39 is 0 Å². The maximum Gasteiger partial charge on any atom is 0.0390 e. The van der Waals surface area contributed by atoms with E-state index in [2.05, 4.69) is 28.8 Å². The van der Waals surface area contributed by atoms with E-state index in [9.17, 15) is 0 Å². The van der Waals surface area contributed by atoms with E-state index in [0.717, 1.165) is 13.1 Å². The molecule has 0 amide bonds. The molecule has 0 bridgehead atoms. The number of rotatable bonds is 2. The van der Waals surface area contributed by atoms with Gasteiger partial charge in [0, 0.05) is 18.3 Å². The molecule has 0 saturated heterocycles. The Bertz CT molecular complexity index is 392. The minimum atomic E-state index is 0.695. The Hall–Kier alpha value is -1.02. The standard InChI is InChI=1S/C16H24N2/c1-2-4-8-14(7-3-1)18-16-9-5-6-13-10-11-17-12-15(13)16/h5-6,9,14,17-18H,1-4,7-8,10-12H2. The molecule has 2 N–H and O–H groups in total. The quantitative estimate of drug-likeness (QED) is 0.778. The summed E-state index contributed by atoms with van der Waals surface area (Å²) < 4.78 is 0. The molecule has 0 atom stereocenters. The van der Waals surface area contributed by atoms with Crippen LogP contribution in [0.15, 0.2) is 18.2 Å². The van der Waals surface area contributed by atoms with E-state index in [0.29, 0.717) is 6.04 Å². The van der Waals surface area contributed by atoms with Crippen LogP contribution >= 0.6 is 0 Å². The highest BCUT2D eigenvalue weighted by atomic mass is 14.9. The lowest BCUT2D eigenvalue weighted by Gasteiger charge is -2.24. The van der Waals surface area contributed by atoms with Crippen LogP contribution in [0.2, 0.25) is 0 Å². The van der Waals surface area contributed by atoms with Crippen LogP contribution in [-0.4, -0.2) is 12.6 Å². The Morgan fingerprint density at radius 1 is 1.06 bits per heavy atom. The van der Waals surface area contributed by atoms with Crippen molar-refractivity contribution in [3.8, 4) is 0 Å². The van der Waals surface area contributed by atoms with E-state index in [4.69, 9.17) is 0 Å². The monoisotopic (exact) mass is 244 g/mol. The maximum absolute atomic E-state index is 3.81. The third-order valence-electron chi connectivity index (χ3n) is 4.36. The van der Waals surface area contributed by atoms with Crippen molar-refractivity contribution in [3.63, 3.8) is 0 Å². The molecule has 1 fully saturated rings. The van der Waals surface area contributed by atoms with Gasteiger partial charge in [-0.3, -0.25) is 0 Å². The normalized spacial score (nSPS) is 21.1. The summed E-state index contributed by atoms with van der Waals surface area (Å²) in [5.74, 6) is 0. The smallest absolute Gasteiger partial charge is 0.0390 e. The molecule has 0 spiro atoms. The van der Waals surface area contributed by atoms with E-state index in [1.807, 2.05) is 0 Å². The lowest BCUT2D eigenvalue weighted by atomic mass is 9.98. The van der Waals surface area contributed by atoms with Crippen LogP contribution < -0.4 is 10.6 Å². The molecule has 18 heavy (non-hydrogen) atoms. The van der Waals surface area contributed by atoms with Gasteiger partial charge in [0.1, 0.15) is 0 Å². The van der Waals surface area contributed by atoms with Crippen LogP contribution in [0.4, 0.5) is 5.69 Å². The Kier molecular flexibility index (Phi) is 3.84. The van der Waals surface area contributed by atoms with Crippen molar-refractivity contribution in [1.82, 2.24) is 5.32 Å². The second-order valence-electron chi connectivity index (χ2n) is 5.70. The average molecular weight is 244 g/mol. The SMILES string of the molecule is c1cc2c(c(NC3CCCCCC3)c1)CNCC2. The van der Waals surface area contributed by atoms with Gasteiger partial charge in [-0.15, -0.1) is 0 Å². The third kappa shape index (κ3) is 2.69. The van der Waals surface area contributed by atoms with Crippen LogP contribution in [0, 0.1) is 0 Å². The fourth-order valence-corrected chi connectivity index (χ4v) is 3.29.